The number of hydrogen-bond acceptors (Lipinski definition) is 3. The third kappa shape index (κ3) is 3.20. The van der Waals surface area contributed by atoms with Gasteiger partial charge in [0.1, 0.15) is 6.04 Å². The molecule has 0 spiro atoms. The minimum absolute atomic E-state index is 0.213. The normalized spacial score (nSPS) is 18.2. The number of sulfonamides is 1. The summed E-state index contributed by atoms with van der Waals surface area (Å²) in [6, 6.07) is 13.7. The van der Waals surface area contributed by atoms with Crippen molar-refractivity contribution in [3.05, 3.63) is 59.7 Å². The molecule has 1 heterocycles. The van der Waals surface area contributed by atoms with Gasteiger partial charge in [0.25, 0.3) is 0 Å². The lowest BCUT2D eigenvalue weighted by Crippen LogP contribution is -2.41. The van der Waals surface area contributed by atoms with E-state index in [0.29, 0.717) is 18.5 Å². The number of benzene rings is 2. The number of anilines is 1. The maximum absolute atomic E-state index is 12.6. The van der Waals surface area contributed by atoms with Gasteiger partial charge >= 0.3 is 0 Å². The molecule has 126 valence electrons. The minimum Gasteiger partial charge on any atom is -0.311 e. The van der Waals surface area contributed by atoms with Gasteiger partial charge in [-0.2, -0.15) is 4.72 Å². The van der Waals surface area contributed by atoms with Crippen molar-refractivity contribution in [2.24, 2.45) is 0 Å². The molecule has 5 nitrogen and oxygen atoms in total. The van der Waals surface area contributed by atoms with Gasteiger partial charge in [-0.15, -0.1) is 0 Å². The smallest absolute Gasteiger partial charge is 0.245 e. The standard InChI is InChI=1S/C18H20N2O3S/c1-13-8-9-17(14(2)12-13)24(22,23)19-16-10-11-20(18(16)21)15-6-4-3-5-7-15/h3-9,12,16,19H,10-11H2,1-2H3/t16-/m0/s1. The number of hydrogen-bond donors (Lipinski definition) is 1. The minimum atomic E-state index is -3.73. The number of carbonyl (C=O) groups excluding carboxylic acids is 1. The van der Waals surface area contributed by atoms with Crippen LogP contribution in [0.4, 0.5) is 5.69 Å². The molecule has 1 N–H and O–H groups in total. The molecule has 0 radical (unpaired) electrons. The second kappa shape index (κ2) is 6.37. The van der Waals surface area contributed by atoms with Crippen LogP contribution in [0.2, 0.25) is 0 Å². The summed E-state index contributed by atoms with van der Waals surface area (Å²) in [7, 11) is -3.73. The lowest BCUT2D eigenvalue weighted by molar-refractivity contribution is -0.118. The number of amides is 1. The summed E-state index contributed by atoms with van der Waals surface area (Å²) in [6.07, 6.45) is 0.456. The summed E-state index contributed by atoms with van der Waals surface area (Å²) in [6.45, 7) is 4.17. The van der Waals surface area contributed by atoms with E-state index >= 15 is 0 Å². The van der Waals surface area contributed by atoms with Crippen LogP contribution >= 0.6 is 0 Å². The van der Waals surface area contributed by atoms with Crippen LogP contribution in [0.15, 0.2) is 53.4 Å². The average Bonchev–Trinajstić information content (AvgIpc) is 2.88. The maximum Gasteiger partial charge on any atom is 0.245 e. The Morgan fingerprint density at radius 1 is 1.08 bits per heavy atom. The van der Waals surface area contributed by atoms with E-state index in [2.05, 4.69) is 4.72 Å². The third-order valence-corrected chi connectivity index (χ3v) is 5.82. The topological polar surface area (TPSA) is 66.5 Å². The van der Waals surface area contributed by atoms with Gasteiger partial charge < -0.3 is 4.90 Å². The Balaban J connectivity index is 1.80. The summed E-state index contributed by atoms with van der Waals surface area (Å²) in [4.78, 5) is 14.4. The van der Waals surface area contributed by atoms with E-state index in [1.165, 1.54) is 0 Å². The Morgan fingerprint density at radius 3 is 2.46 bits per heavy atom. The highest BCUT2D eigenvalue weighted by Gasteiger charge is 2.35. The van der Waals surface area contributed by atoms with Crippen molar-refractivity contribution < 1.29 is 13.2 Å². The molecule has 2 aromatic carbocycles. The molecule has 6 heteroatoms. The molecule has 1 aliphatic rings. The van der Waals surface area contributed by atoms with Gasteiger partial charge in [-0.1, -0.05) is 35.9 Å². The van der Waals surface area contributed by atoms with Crippen LogP contribution in [0.5, 0.6) is 0 Å². The van der Waals surface area contributed by atoms with Crippen LogP contribution in [0.3, 0.4) is 0 Å². The summed E-state index contributed by atoms with van der Waals surface area (Å²) >= 11 is 0. The zero-order chi connectivity index (χ0) is 17.3. The van der Waals surface area contributed by atoms with Crippen molar-refractivity contribution in [1.29, 1.82) is 0 Å². The third-order valence-electron chi connectivity index (χ3n) is 4.19. The van der Waals surface area contributed by atoms with Crippen LogP contribution in [-0.4, -0.2) is 26.9 Å². The second-order valence-electron chi connectivity index (χ2n) is 6.06. The number of nitrogens with one attached hydrogen (secondary N) is 1. The largest absolute Gasteiger partial charge is 0.311 e. The zero-order valence-electron chi connectivity index (χ0n) is 13.7. The van der Waals surface area contributed by atoms with Crippen molar-refractivity contribution in [2.45, 2.75) is 31.2 Å². The molecule has 1 saturated heterocycles. The van der Waals surface area contributed by atoms with Crippen LogP contribution in [-0.2, 0) is 14.8 Å². The van der Waals surface area contributed by atoms with Crippen LogP contribution in [0.25, 0.3) is 0 Å². The fraction of sp³-hybridized carbons (Fsp3) is 0.278. The molecule has 0 unspecified atom stereocenters. The molecule has 1 fully saturated rings. The Kier molecular flexibility index (Phi) is 4.43. The first kappa shape index (κ1) is 16.7. The molecular formula is C18H20N2O3S. The molecule has 0 saturated carbocycles. The maximum atomic E-state index is 12.6. The lowest BCUT2D eigenvalue weighted by Gasteiger charge is -2.17. The molecule has 2 aromatic rings. The highest BCUT2D eigenvalue weighted by atomic mass is 32.2. The van der Waals surface area contributed by atoms with Crippen molar-refractivity contribution in [3.8, 4) is 0 Å². The number of rotatable bonds is 4. The highest BCUT2D eigenvalue weighted by Crippen LogP contribution is 2.23. The monoisotopic (exact) mass is 344 g/mol. The molecule has 0 bridgehead atoms. The van der Waals surface area contributed by atoms with Gasteiger partial charge in [-0.25, -0.2) is 8.42 Å². The fourth-order valence-corrected chi connectivity index (χ4v) is 4.46. The first-order valence-electron chi connectivity index (χ1n) is 7.84. The van der Waals surface area contributed by atoms with E-state index in [-0.39, 0.29) is 10.8 Å². The average molecular weight is 344 g/mol. The first-order valence-corrected chi connectivity index (χ1v) is 9.33. The SMILES string of the molecule is Cc1ccc(S(=O)(=O)N[C@H]2CCN(c3ccccc3)C2=O)c(C)c1. The summed E-state index contributed by atoms with van der Waals surface area (Å²) < 4.78 is 27.8. The molecule has 3 rings (SSSR count). The van der Waals surface area contributed by atoms with Gasteiger partial charge in [0.15, 0.2) is 0 Å². The van der Waals surface area contributed by atoms with E-state index in [1.807, 2.05) is 43.3 Å². The molecule has 24 heavy (non-hydrogen) atoms. The number of aryl methyl sites for hydroxylation is 2. The Labute approximate surface area is 142 Å². The number of para-hydroxylation sites is 1. The number of carbonyl (C=O) groups is 1. The van der Waals surface area contributed by atoms with Gasteiger partial charge in [0.2, 0.25) is 15.9 Å². The summed E-state index contributed by atoms with van der Waals surface area (Å²) in [5.41, 5.74) is 2.46. The predicted molar refractivity (Wildman–Crippen MR) is 93.4 cm³/mol. The predicted octanol–water partition coefficient (Wildman–Crippen LogP) is 2.39. The quantitative estimate of drug-likeness (QED) is 0.926. The van der Waals surface area contributed by atoms with Crippen molar-refractivity contribution in [1.82, 2.24) is 4.72 Å². The van der Waals surface area contributed by atoms with Gasteiger partial charge in [0, 0.05) is 12.2 Å². The molecule has 0 aliphatic carbocycles. The van der Waals surface area contributed by atoms with E-state index in [1.54, 1.807) is 24.0 Å². The molecular weight excluding hydrogens is 324 g/mol. The zero-order valence-corrected chi connectivity index (χ0v) is 14.5. The number of nitrogens with zero attached hydrogens (tertiary/aromatic N) is 1. The Hall–Kier alpha value is -2.18. The lowest BCUT2D eigenvalue weighted by atomic mass is 10.2. The van der Waals surface area contributed by atoms with Gasteiger partial charge in [-0.3, -0.25) is 4.79 Å². The van der Waals surface area contributed by atoms with Gasteiger partial charge in [0.05, 0.1) is 4.90 Å². The van der Waals surface area contributed by atoms with Gasteiger partial charge in [-0.05, 0) is 44.0 Å². The van der Waals surface area contributed by atoms with Crippen LogP contribution < -0.4 is 9.62 Å². The molecule has 0 aromatic heterocycles. The van der Waals surface area contributed by atoms with Crippen molar-refractivity contribution in [2.75, 3.05) is 11.4 Å². The summed E-state index contributed by atoms with van der Waals surface area (Å²) in [5.74, 6) is -0.213. The Bertz CT molecular complexity index is 863. The Morgan fingerprint density at radius 2 is 1.79 bits per heavy atom. The fourth-order valence-electron chi connectivity index (χ4n) is 3.01. The molecule has 1 atom stereocenters. The highest BCUT2D eigenvalue weighted by molar-refractivity contribution is 7.89. The van der Waals surface area contributed by atoms with Crippen molar-refractivity contribution >= 4 is 21.6 Å². The second-order valence-corrected chi connectivity index (χ2v) is 7.74. The van der Waals surface area contributed by atoms with E-state index < -0.39 is 16.1 Å². The van der Waals surface area contributed by atoms with E-state index in [0.717, 1.165) is 11.3 Å². The summed E-state index contributed by atoms with van der Waals surface area (Å²) in [5, 5.41) is 0. The van der Waals surface area contributed by atoms with Crippen LogP contribution in [0, 0.1) is 13.8 Å². The van der Waals surface area contributed by atoms with E-state index in [4.69, 9.17) is 0 Å². The molecule has 1 amide bonds. The molecule has 1 aliphatic heterocycles. The van der Waals surface area contributed by atoms with E-state index in [9.17, 15) is 13.2 Å². The first-order chi connectivity index (χ1) is 11.4. The van der Waals surface area contributed by atoms with Crippen molar-refractivity contribution in [3.63, 3.8) is 0 Å². The van der Waals surface area contributed by atoms with Crippen LogP contribution in [0.1, 0.15) is 17.5 Å².